The van der Waals surface area contributed by atoms with Gasteiger partial charge in [0.2, 0.25) is 0 Å². The van der Waals surface area contributed by atoms with Crippen LogP contribution in [-0.4, -0.2) is 22.1 Å². The molecule has 0 spiro atoms. The number of rotatable bonds is 4. The van der Waals surface area contributed by atoms with Gasteiger partial charge >= 0.3 is 0 Å². The van der Waals surface area contributed by atoms with Crippen LogP contribution in [0.4, 0.5) is 0 Å². The lowest BCUT2D eigenvalue weighted by molar-refractivity contribution is 0.0889. The fourth-order valence-electron chi connectivity index (χ4n) is 3.12. The number of benzene rings is 2. The summed E-state index contributed by atoms with van der Waals surface area (Å²) in [7, 11) is 1.95. The van der Waals surface area contributed by atoms with Gasteiger partial charge in [0.15, 0.2) is 11.2 Å². The molecule has 1 unspecified atom stereocenters. The monoisotopic (exact) mass is 362 g/mol. The van der Waals surface area contributed by atoms with Crippen LogP contribution in [-0.2, 0) is 7.05 Å². The molecule has 1 atom stereocenters. The van der Waals surface area contributed by atoms with E-state index in [9.17, 15) is 14.7 Å². The van der Waals surface area contributed by atoms with Crippen LogP contribution in [0.15, 0.2) is 70.0 Å². The van der Waals surface area contributed by atoms with Crippen molar-refractivity contribution in [2.75, 3.05) is 6.54 Å². The summed E-state index contributed by atoms with van der Waals surface area (Å²) < 4.78 is 7.50. The third-order valence-corrected chi connectivity index (χ3v) is 4.61. The van der Waals surface area contributed by atoms with Crippen LogP contribution in [0.5, 0.6) is 0 Å². The van der Waals surface area contributed by atoms with Crippen LogP contribution in [0.2, 0.25) is 0 Å². The van der Waals surface area contributed by atoms with Crippen molar-refractivity contribution in [3.05, 3.63) is 82.3 Å². The molecular weight excluding hydrogens is 344 g/mol. The van der Waals surface area contributed by atoms with E-state index in [2.05, 4.69) is 5.32 Å². The number of aryl methyl sites for hydroxylation is 1. The van der Waals surface area contributed by atoms with Gasteiger partial charge in [0.25, 0.3) is 5.91 Å². The summed E-state index contributed by atoms with van der Waals surface area (Å²) in [5.74, 6) is -0.623. The first-order valence-electron chi connectivity index (χ1n) is 8.57. The third kappa shape index (κ3) is 3.22. The Balaban J connectivity index is 1.50. The highest BCUT2D eigenvalue weighted by Gasteiger charge is 2.15. The molecule has 2 aromatic heterocycles. The molecule has 6 nitrogen and oxygen atoms in total. The minimum absolute atomic E-state index is 0.00765. The highest BCUT2D eigenvalue weighted by Crippen LogP contribution is 2.21. The van der Waals surface area contributed by atoms with Crippen molar-refractivity contribution in [1.82, 2.24) is 9.88 Å². The Kier molecular flexibility index (Phi) is 4.25. The molecule has 4 aromatic rings. The molecule has 0 aliphatic carbocycles. The number of carbonyl (C=O) groups is 1. The van der Waals surface area contributed by atoms with Gasteiger partial charge in [0.05, 0.1) is 11.5 Å². The van der Waals surface area contributed by atoms with Crippen LogP contribution >= 0.6 is 0 Å². The normalized spacial score (nSPS) is 12.4. The van der Waals surface area contributed by atoms with Crippen LogP contribution in [0.3, 0.4) is 0 Å². The van der Waals surface area contributed by atoms with Gasteiger partial charge in [0, 0.05) is 31.4 Å². The van der Waals surface area contributed by atoms with Crippen LogP contribution < -0.4 is 10.7 Å². The Morgan fingerprint density at radius 2 is 2.00 bits per heavy atom. The number of hydrogen-bond acceptors (Lipinski definition) is 4. The van der Waals surface area contributed by atoms with E-state index < -0.39 is 12.0 Å². The Labute approximate surface area is 154 Å². The second-order valence-electron chi connectivity index (χ2n) is 6.44. The lowest BCUT2D eigenvalue weighted by Crippen LogP contribution is -2.29. The van der Waals surface area contributed by atoms with Gasteiger partial charge in [-0.2, -0.15) is 0 Å². The second-order valence-corrected chi connectivity index (χ2v) is 6.44. The Hall–Kier alpha value is -3.38. The molecule has 0 aliphatic heterocycles. The van der Waals surface area contributed by atoms with E-state index in [4.69, 9.17) is 4.42 Å². The highest BCUT2D eigenvalue weighted by atomic mass is 16.3. The number of aliphatic hydroxyl groups is 1. The van der Waals surface area contributed by atoms with Crippen LogP contribution in [0.25, 0.3) is 21.9 Å². The molecule has 2 heterocycles. The zero-order chi connectivity index (χ0) is 19.0. The van der Waals surface area contributed by atoms with Crippen molar-refractivity contribution in [2.45, 2.75) is 6.10 Å². The van der Waals surface area contributed by atoms with Crippen LogP contribution in [0.1, 0.15) is 22.2 Å². The average Bonchev–Trinajstić information content (AvgIpc) is 3.06. The van der Waals surface area contributed by atoms with Crippen molar-refractivity contribution >= 4 is 27.8 Å². The van der Waals surface area contributed by atoms with Gasteiger partial charge in [-0.1, -0.05) is 18.2 Å². The Bertz CT molecular complexity index is 1210. The fourth-order valence-corrected chi connectivity index (χ4v) is 3.12. The molecule has 136 valence electrons. The first-order valence-corrected chi connectivity index (χ1v) is 8.57. The summed E-state index contributed by atoms with van der Waals surface area (Å²) >= 11 is 0. The quantitative estimate of drug-likeness (QED) is 0.585. The molecule has 0 bridgehead atoms. The predicted octanol–water partition coefficient (Wildman–Crippen LogP) is 2.75. The summed E-state index contributed by atoms with van der Waals surface area (Å²) in [6.07, 6.45) is 1.08. The lowest BCUT2D eigenvalue weighted by atomic mass is 10.1. The Morgan fingerprint density at radius 3 is 2.85 bits per heavy atom. The molecular formula is C21H18N2O4. The van der Waals surface area contributed by atoms with Gasteiger partial charge in [-0.3, -0.25) is 9.59 Å². The number of para-hydroxylation sites is 1. The third-order valence-electron chi connectivity index (χ3n) is 4.61. The molecule has 0 fully saturated rings. The first-order chi connectivity index (χ1) is 13.0. The topological polar surface area (TPSA) is 84.5 Å². The number of aliphatic hydroxyl groups excluding tert-OH is 1. The van der Waals surface area contributed by atoms with Crippen molar-refractivity contribution in [3.63, 3.8) is 0 Å². The number of fused-ring (bicyclic) bond motifs is 2. The maximum absolute atomic E-state index is 12.3. The maximum atomic E-state index is 12.3. The zero-order valence-electron chi connectivity index (χ0n) is 14.7. The molecule has 0 saturated heterocycles. The minimum atomic E-state index is -0.870. The van der Waals surface area contributed by atoms with Gasteiger partial charge in [0.1, 0.15) is 5.58 Å². The Morgan fingerprint density at radius 1 is 1.19 bits per heavy atom. The van der Waals surface area contributed by atoms with E-state index in [-0.39, 0.29) is 17.7 Å². The van der Waals surface area contributed by atoms with Crippen molar-refractivity contribution in [1.29, 1.82) is 0 Å². The second kappa shape index (κ2) is 6.74. The molecule has 4 rings (SSSR count). The largest absolute Gasteiger partial charge is 0.451 e. The summed E-state index contributed by atoms with van der Waals surface area (Å²) in [4.78, 5) is 24.4. The van der Waals surface area contributed by atoms with Crippen molar-refractivity contribution < 1.29 is 14.3 Å². The van der Waals surface area contributed by atoms with E-state index in [1.165, 1.54) is 6.07 Å². The standard InChI is InChI=1S/C21H18N2O4/c1-23-9-8-13-10-14(6-7-16(13)23)18(25)12-22-21(26)20-11-17(24)15-4-2-3-5-19(15)27-20/h2-11,18,25H,12H2,1H3,(H,22,26). The van der Waals surface area contributed by atoms with E-state index in [0.29, 0.717) is 16.5 Å². The summed E-state index contributed by atoms with van der Waals surface area (Å²) in [5.41, 5.74) is 1.84. The van der Waals surface area contributed by atoms with Crippen molar-refractivity contribution in [2.24, 2.45) is 7.05 Å². The SMILES string of the molecule is Cn1ccc2cc(C(O)CNC(=O)c3cc(=O)c4ccccc4o3)ccc21. The minimum Gasteiger partial charge on any atom is -0.451 e. The molecule has 0 radical (unpaired) electrons. The van der Waals surface area contributed by atoms with Crippen molar-refractivity contribution in [3.8, 4) is 0 Å². The zero-order valence-corrected chi connectivity index (χ0v) is 14.7. The number of aromatic nitrogens is 1. The number of hydrogen-bond donors (Lipinski definition) is 2. The van der Waals surface area contributed by atoms with Gasteiger partial charge in [-0.25, -0.2) is 0 Å². The summed E-state index contributed by atoms with van der Waals surface area (Å²) in [5, 5.41) is 14.4. The number of nitrogens with one attached hydrogen (secondary N) is 1. The molecule has 6 heteroatoms. The fraction of sp³-hybridized carbons (Fsp3) is 0.143. The molecule has 27 heavy (non-hydrogen) atoms. The van der Waals surface area contributed by atoms with Gasteiger partial charge < -0.3 is 19.4 Å². The number of nitrogens with zero attached hydrogens (tertiary/aromatic N) is 1. The molecule has 1 amide bonds. The molecule has 2 aromatic carbocycles. The molecule has 2 N–H and O–H groups in total. The maximum Gasteiger partial charge on any atom is 0.287 e. The number of amides is 1. The predicted molar refractivity (Wildman–Crippen MR) is 103 cm³/mol. The van der Waals surface area contributed by atoms with E-state index in [0.717, 1.165) is 10.9 Å². The van der Waals surface area contributed by atoms with Gasteiger partial charge in [-0.05, 0) is 41.3 Å². The molecule has 0 aliphatic rings. The number of carbonyl (C=O) groups excluding carboxylic acids is 1. The van der Waals surface area contributed by atoms with Crippen LogP contribution in [0, 0.1) is 0 Å². The summed E-state index contributed by atoms with van der Waals surface area (Å²) in [6, 6.07) is 15.5. The highest BCUT2D eigenvalue weighted by molar-refractivity contribution is 5.93. The lowest BCUT2D eigenvalue weighted by Gasteiger charge is -2.12. The molecule has 0 saturated carbocycles. The summed E-state index contributed by atoms with van der Waals surface area (Å²) in [6.45, 7) is 0.00765. The first kappa shape index (κ1) is 17.1. The average molecular weight is 362 g/mol. The van der Waals surface area contributed by atoms with Gasteiger partial charge in [-0.15, -0.1) is 0 Å². The van der Waals surface area contributed by atoms with E-state index in [1.54, 1.807) is 24.3 Å². The van der Waals surface area contributed by atoms with E-state index >= 15 is 0 Å². The smallest absolute Gasteiger partial charge is 0.287 e. The van der Waals surface area contributed by atoms with E-state index in [1.807, 2.05) is 42.1 Å².